The summed E-state index contributed by atoms with van der Waals surface area (Å²) in [7, 11) is 2.03. The number of fused-ring (bicyclic) bond motifs is 1. The summed E-state index contributed by atoms with van der Waals surface area (Å²) in [4.78, 5) is 6.60. The zero-order valence-electron chi connectivity index (χ0n) is 12.4. The predicted octanol–water partition coefficient (Wildman–Crippen LogP) is 4.60. The van der Waals surface area contributed by atoms with Gasteiger partial charge in [-0.25, -0.2) is 4.39 Å². The summed E-state index contributed by atoms with van der Waals surface area (Å²) in [5, 5.41) is 0. The zero-order valence-corrected chi connectivity index (χ0v) is 12.4. The lowest BCUT2D eigenvalue weighted by molar-refractivity contribution is 0.533. The van der Waals surface area contributed by atoms with E-state index in [0.717, 1.165) is 28.2 Å². The van der Waals surface area contributed by atoms with E-state index in [1.165, 1.54) is 11.8 Å². The molecular formula is C18H17FN2. The van der Waals surface area contributed by atoms with Crippen molar-refractivity contribution in [3.63, 3.8) is 0 Å². The number of likely N-dealkylation sites (N-methyl/N-ethyl adjacent to an activating group) is 1. The van der Waals surface area contributed by atoms with Crippen molar-refractivity contribution < 1.29 is 4.39 Å². The van der Waals surface area contributed by atoms with Gasteiger partial charge in [-0.3, -0.25) is 4.99 Å². The van der Waals surface area contributed by atoms with Gasteiger partial charge in [-0.15, -0.1) is 0 Å². The summed E-state index contributed by atoms with van der Waals surface area (Å²) < 4.78 is 13.5. The Morgan fingerprint density at radius 1 is 1.19 bits per heavy atom. The Bertz CT molecular complexity index is 748. The third-order valence-electron chi connectivity index (χ3n) is 3.87. The zero-order chi connectivity index (χ0) is 15.0. The normalized spacial score (nSPS) is 20.9. The molecule has 21 heavy (non-hydrogen) atoms. The maximum absolute atomic E-state index is 13.5. The Kier molecular flexibility index (Phi) is 3.34. The smallest absolute Gasteiger partial charge is 0.123 e. The molecule has 0 unspecified atom stereocenters. The van der Waals surface area contributed by atoms with Crippen molar-refractivity contribution in [3.8, 4) is 0 Å². The van der Waals surface area contributed by atoms with Crippen LogP contribution in [0.4, 0.5) is 10.1 Å². The molecule has 3 rings (SSSR count). The number of aliphatic imine (C=N–C) groups is 1. The van der Waals surface area contributed by atoms with Gasteiger partial charge in [-0.05, 0) is 50.3 Å². The monoisotopic (exact) mass is 280 g/mol. The molecule has 2 heterocycles. The minimum atomic E-state index is -0.231. The number of benzene rings is 1. The highest BCUT2D eigenvalue weighted by molar-refractivity contribution is 6.28. The summed E-state index contributed by atoms with van der Waals surface area (Å²) in [6.45, 7) is 4.02. The lowest BCUT2D eigenvalue weighted by atomic mass is 10.0. The first kappa shape index (κ1) is 13.6. The van der Waals surface area contributed by atoms with Gasteiger partial charge < -0.3 is 4.90 Å². The molecule has 0 aliphatic carbocycles. The summed E-state index contributed by atoms with van der Waals surface area (Å²) in [6, 6.07) is 4.72. The summed E-state index contributed by atoms with van der Waals surface area (Å²) in [6.07, 6.45) is 10.2. The van der Waals surface area contributed by atoms with E-state index in [0.29, 0.717) is 0 Å². The summed E-state index contributed by atoms with van der Waals surface area (Å²) >= 11 is 0. The lowest BCUT2D eigenvalue weighted by Gasteiger charge is -2.23. The first-order valence-electron chi connectivity index (χ1n) is 6.92. The van der Waals surface area contributed by atoms with E-state index in [-0.39, 0.29) is 5.82 Å². The van der Waals surface area contributed by atoms with Crippen LogP contribution in [0.25, 0.3) is 5.57 Å². The largest absolute Gasteiger partial charge is 0.348 e. The second-order valence-corrected chi connectivity index (χ2v) is 5.26. The molecule has 0 atom stereocenters. The average Bonchev–Trinajstić information content (AvgIpc) is 2.76. The molecule has 0 aromatic heterocycles. The number of halogens is 1. The second-order valence-electron chi connectivity index (χ2n) is 5.26. The van der Waals surface area contributed by atoms with Gasteiger partial charge in [-0.2, -0.15) is 0 Å². The third-order valence-corrected chi connectivity index (χ3v) is 3.87. The highest BCUT2D eigenvalue weighted by atomic mass is 19.1. The van der Waals surface area contributed by atoms with Crippen LogP contribution in [0.3, 0.4) is 0 Å². The molecule has 106 valence electrons. The molecule has 0 N–H and O–H groups in total. The molecular weight excluding hydrogens is 263 g/mol. The first-order chi connectivity index (χ1) is 10.1. The topological polar surface area (TPSA) is 15.6 Å². The third kappa shape index (κ3) is 2.47. The van der Waals surface area contributed by atoms with Gasteiger partial charge in [0.1, 0.15) is 5.82 Å². The number of nitrogens with zero attached hydrogens (tertiary/aromatic N) is 2. The van der Waals surface area contributed by atoms with E-state index >= 15 is 0 Å². The van der Waals surface area contributed by atoms with Crippen LogP contribution >= 0.6 is 0 Å². The van der Waals surface area contributed by atoms with Crippen molar-refractivity contribution >= 4 is 17.0 Å². The molecule has 0 bridgehead atoms. The first-order valence-corrected chi connectivity index (χ1v) is 6.92. The molecule has 0 radical (unpaired) electrons. The van der Waals surface area contributed by atoms with Gasteiger partial charge in [0.05, 0.1) is 5.69 Å². The molecule has 2 nitrogen and oxygen atoms in total. The number of hydrogen-bond acceptors (Lipinski definition) is 2. The SMILES string of the molecule is CC1=CC=C/C(=C/C=C2/C(C)=Nc3ccc(F)cc32)N1C. The van der Waals surface area contributed by atoms with Gasteiger partial charge in [0.15, 0.2) is 0 Å². The number of rotatable bonds is 1. The minimum absolute atomic E-state index is 0.231. The Morgan fingerprint density at radius 3 is 2.81 bits per heavy atom. The Balaban J connectivity index is 1.99. The predicted molar refractivity (Wildman–Crippen MR) is 85.9 cm³/mol. The van der Waals surface area contributed by atoms with Crippen LogP contribution in [-0.2, 0) is 0 Å². The van der Waals surface area contributed by atoms with E-state index in [9.17, 15) is 4.39 Å². The van der Waals surface area contributed by atoms with Crippen molar-refractivity contribution in [2.45, 2.75) is 13.8 Å². The lowest BCUT2D eigenvalue weighted by Crippen LogP contribution is -2.15. The van der Waals surface area contributed by atoms with Crippen LogP contribution in [0.1, 0.15) is 19.4 Å². The molecule has 1 aromatic carbocycles. The molecule has 2 aliphatic heterocycles. The summed E-state index contributed by atoms with van der Waals surface area (Å²) in [5.41, 5.74) is 5.87. The van der Waals surface area contributed by atoms with Gasteiger partial charge in [-0.1, -0.05) is 12.2 Å². The summed E-state index contributed by atoms with van der Waals surface area (Å²) in [5.74, 6) is -0.231. The van der Waals surface area contributed by atoms with Gasteiger partial charge >= 0.3 is 0 Å². The fourth-order valence-electron chi connectivity index (χ4n) is 2.52. The second kappa shape index (κ2) is 5.17. The van der Waals surface area contributed by atoms with Crippen LogP contribution in [0.5, 0.6) is 0 Å². The van der Waals surface area contributed by atoms with E-state index in [4.69, 9.17) is 0 Å². The van der Waals surface area contributed by atoms with Gasteiger partial charge in [0.2, 0.25) is 0 Å². The van der Waals surface area contributed by atoms with E-state index in [2.05, 4.69) is 29.0 Å². The maximum atomic E-state index is 13.5. The Hall–Kier alpha value is -2.42. The van der Waals surface area contributed by atoms with Crippen molar-refractivity contribution in [3.05, 3.63) is 71.4 Å². The van der Waals surface area contributed by atoms with E-state index in [1.54, 1.807) is 12.1 Å². The standard InChI is InChI=1S/C18H17FN2/c1-12-5-4-6-15(21(12)3)8-9-16-13(2)20-18-10-7-14(19)11-17(16)18/h4-11H,1-3H3/b15-8-,16-9-. The number of hydrogen-bond donors (Lipinski definition) is 0. The van der Waals surface area contributed by atoms with Crippen LogP contribution in [0, 0.1) is 5.82 Å². The van der Waals surface area contributed by atoms with E-state index in [1.807, 2.05) is 32.2 Å². The van der Waals surface area contributed by atoms with Crippen LogP contribution in [0.2, 0.25) is 0 Å². The molecule has 1 aromatic rings. The Labute approximate surface area is 124 Å². The van der Waals surface area contributed by atoms with Gasteiger partial charge in [0.25, 0.3) is 0 Å². The molecule has 0 spiro atoms. The Morgan fingerprint density at radius 2 is 2.00 bits per heavy atom. The van der Waals surface area contributed by atoms with E-state index < -0.39 is 0 Å². The van der Waals surface area contributed by atoms with Crippen molar-refractivity contribution in [2.75, 3.05) is 7.05 Å². The van der Waals surface area contributed by atoms with Crippen molar-refractivity contribution in [1.82, 2.24) is 4.90 Å². The molecule has 3 heteroatoms. The molecule has 0 saturated heterocycles. The minimum Gasteiger partial charge on any atom is -0.348 e. The molecule has 0 fully saturated rings. The fourth-order valence-corrected chi connectivity index (χ4v) is 2.52. The van der Waals surface area contributed by atoms with Crippen LogP contribution in [-0.4, -0.2) is 17.7 Å². The van der Waals surface area contributed by atoms with Crippen molar-refractivity contribution in [1.29, 1.82) is 0 Å². The highest BCUT2D eigenvalue weighted by Crippen LogP contribution is 2.35. The average molecular weight is 280 g/mol. The molecule has 2 aliphatic rings. The number of allylic oxidation sites excluding steroid dienone is 7. The highest BCUT2D eigenvalue weighted by Gasteiger charge is 2.17. The maximum Gasteiger partial charge on any atom is 0.123 e. The van der Waals surface area contributed by atoms with Crippen LogP contribution < -0.4 is 0 Å². The molecule has 0 amide bonds. The van der Waals surface area contributed by atoms with Crippen molar-refractivity contribution in [2.24, 2.45) is 4.99 Å². The fraction of sp³-hybridized carbons (Fsp3) is 0.167. The van der Waals surface area contributed by atoms with Gasteiger partial charge in [0, 0.05) is 35.3 Å². The molecule has 0 saturated carbocycles. The quantitative estimate of drug-likeness (QED) is 0.733. The van der Waals surface area contributed by atoms with Crippen LogP contribution in [0.15, 0.2) is 65.0 Å².